The predicted molar refractivity (Wildman–Crippen MR) is 92.2 cm³/mol. The number of nitrogens with one attached hydrogen (secondary N) is 2. The van der Waals surface area contributed by atoms with Crippen molar-refractivity contribution in [2.24, 2.45) is 17.3 Å². The van der Waals surface area contributed by atoms with Gasteiger partial charge in [0.2, 0.25) is 5.91 Å². The lowest BCUT2D eigenvalue weighted by Crippen LogP contribution is -2.61. The van der Waals surface area contributed by atoms with Crippen LogP contribution >= 0.6 is 0 Å². The Morgan fingerprint density at radius 2 is 2.17 bits per heavy atom. The SMILES string of the molecule is COCC(=O)Nc1cccc(CNC2[C@@H]3CCC[C@@H]3C2(C)C)c1. The van der Waals surface area contributed by atoms with Crippen LogP contribution < -0.4 is 10.6 Å². The number of benzene rings is 1. The lowest BCUT2D eigenvalue weighted by atomic mass is 9.53. The van der Waals surface area contributed by atoms with E-state index >= 15 is 0 Å². The highest BCUT2D eigenvalue weighted by Gasteiger charge is 2.57. The van der Waals surface area contributed by atoms with Gasteiger partial charge in [0.25, 0.3) is 0 Å². The van der Waals surface area contributed by atoms with Crippen LogP contribution in [0.5, 0.6) is 0 Å². The molecule has 4 nitrogen and oxygen atoms in total. The minimum atomic E-state index is -0.119. The smallest absolute Gasteiger partial charge is 0.250 e. The molecule has 2 N–H and O–H groups in total. The van der Waals surface area contributed by atoms with E-state index in [2.05, 4.69) is 30.5 Å². The zero-order chi connectivity index (χ0) is 16.4. The standard InChI is InChI=1S/C19H28N2O2/c1-19(2)16-9-5-8-15(16)18(19)20-11-13-6-4-7-14(10-13)21-17(22)12-23-3/h4,6-7,10,15-16,18,20H,5,8-9,11-12H2,1-3H3,(H,21,22)/t15-,16+,18?/m1/s1. The van der Waals surface area contributed by atoms with Crippen molar-refractivity contribution in [3.8, 4) is 0 Å². The highest BCUT2D eigenvalue weighted by atomic mass is 16.5. The van der Waals surface area contributed by atoms with Gasteiger partial charge in [0, 0.05) is 25.4 Å². The largest absolute Gasteiger partial charge is 0.375 e. The van der Waals surface area contributed by atoms with Crippen molar-refractivity contribution in [3.63, 3.8) is 0 Å². The maximum atomic E-state index is 11.6. The molecule has 3 atom stereocenters. The molecule has 0 saturated heterocycles. The zero-order valence-electron chi connectivity index (χ0n) is 14.4. The third-order valence-electron chi connectivity index (χ3n) is 5.77. The zero-order valence-corrected chi connectivity index (χ0v) is 14.4. The second kappa shape index (κ2) is 6.62. The quantitative estimate of drug-likeness (QED) is 0.847. The summed E-state index contributed by atoms with van der Waals surface area (Å²) in [5.74, 6) is 1.64. The Kier molecular flexibility index (Phi) is 4.74. The molecule has 126 valence electrons. The van der Waals surface area contributed by atoms with E-state index in [4.69, 9.17) is 4.74 Å². The maximum absolute atomic E-state index is 11.6. The van der Waals surface area contributed by atoms with Crippen molar-refractivity contribution in [2.75, 3.05) is 19.0 Å². The number of methoxy groups -OCH3 is 1. The molecule has 0 bridgehead atoms. The normalized spacial score (nSPS) is 28.0. The number of rotatable bonds is 6. The summed E-state index contributed by atoms with van der Waals surface area (Å²) in [6.45, 7) is 5.74. The Morgan fingerprint density at radius 3 is 2.96 bits per heavy atom. The Labute approximate surface area is 139 Å². The van der Waals surface area contributed by atoms with Crippen LogP contribution in [0, 0.1) is 17.3 Å². The van der Waals surface area contributed by atoms with Gasteiger partial charge in [0.05, 0.1) is 0 Å². The first kappa shape index (κ1) is 16.5. The molecule has 1 amide bonds. The van der Waals surface area contributed by atoms with E-state index in [1.54, 1.807) is 0 Å². The Bertz CT molecular complexity index is 570. The van der Waals surface area contributed by atoms with Gasteiger partial charge in [-0.25, -0.2) is 0 Å². The second-order valence-corrected chi connectivity index (χ2v) is 7.56. The van der Waals surface area contributed by atoms with Crippen LogP contribution in [-0.4, -0.2) is 25.7 Å². The van der Waals surface area contributed by atoms with Crippen LogP contribution in [0.2, 0.25) is 0 Å². The van der Waals surface area contributed by atoms with E-state index in [0.717, 1.165) is 24.1 Å². The number of carbonyl (C=O) groups excluding carboxylic acids is 1. The van der Waals surface area contributed by atoms with Crippen LogP contribution in [0.1, 0.15) is 38.7 Å². The number of carbonyl (C=O) groups is 1. The number of hydrogen-bond acceptors (Lipinski definition) is 3. The fraction of sp³-hybridized carbons (Fsp3) is 0.632. The molecule has 2 aliphatic rings. The predicted octanol–water partition coefficient (Wildman–Crippen LogP) is 3.19. The first-order valence-corrected chi connectivity index (χ1v) is 8.63. The van der Waals surface area contributed by atoms with Gasteiger partial charge >= 0.3 is 0 Å². The minimum absolute atomic E-state index is 0.0851. The van der Waals surface area contributed by atoms with Crippen molar-refractivity contribution >= 4 is 11.6 Å². The average Bonchev–Trinajstić information content (AvgIpc) is 2.94. The number of anilines is 1. The summed E-state index contributed by atoms with van der Waals surface area (Å²) in [6, 6.07) is 8.66. The summed E-state index contributed by atoms with van der Waals surface area (Å²) in [6.07, 6.45) is 4.16. The topological polar surface area (TPSA) is 50.4 Å². The van der Waals surface area contributed by atoms with Gasteiger partial charge in [-0.15, -0.1) is 0 Å². The van der Waals surface area contributed by atoms with Gasteiger partial charge in [0.1, 0.15) is 6.61 Å². The summed E-state index contributed by atoms with van der Waals surface area (Å²) in [5.41, 5.74) is 2.45. The minimum Gasteiger partial charge on any atom is -0.375 e. The van der Waals surface area contributed by atoms with E-state index in [1.807, 2.05) is 18.2 Å². The first-order chi connectivity index (χ1) is 11.0. The average molecular weight is 316 g/mol. The molecule has 0 heterocycles. The molecule has 23 heavy (non-hydrogen) atoms. The van der Waals surface area contributed by atoms with Crippen LogP contribution in [-0.2, 0) is 16.1 Å². The van der Waals surface area contributed by atoms with Crippen LogP contribution in [0.4, 0.5) is 5.69 Å². The van der Waals surface area contributed by atoms with Crippen molar-refractivity contribution < 1.29 is 9.53 Å². The van der Waals surface area contributed by atoms with Crippen molar-refractivity contribution in [1.29, 1.82) is 0 Å². The number of fused-ring (bicyclic) bond motifs is 1. The third kappa shape index (κ3) is 3.29. The lowest BCUT2D eigenvalue weighted by molar-refractivity contribution is -0.119. The summed E-state index contributed by atoms with van der Waals surface area (Å²) < 4.78 is 4.85. The molecule has 4 heteroatoms. The van der Waals surface area contributed by atoms with E-state index in [0.29, 0.717) is 11.5 Å². The summed E-state index contributed by atoms with van der Waals surface area (Å²) in [7, 11) is 1.52. The monoisotopic (exact) mass is 316 g/mol. The molecule has 1 unspecified atom stereocenters. The fourth-order valence-corrected chi connectivity index (χ4v) is 4.70. The number of ether oxygens (including phenoxy) is 1. The van der Waals surface area contributed by atoms with E-state index in [9.17, 15) is 4.79 Å². The van der Waals surface area contributed by atoms with Crippen LogP contribution in [0.3, 0.4) is 0 Å². The molecule has 1 aromatic carbocycles. The molecule has 3 rings (SSSR count). The molecule has 2 fully saturated rings. The molecular weight excluding hydrogens is 288 g/mol. The Morgan fingerprint density at radius 1 is 1.35 bits per heavy atom. The van der Waals surface area contributed by atoms with Gasteiger partial charge in [-0.1, -0.05) is 32.4 Å². The summed E-state index contributed by atoms with van der Waals surface area (Å²) >= 11 is 0. The first-order valence-electron chi connectivity index (χ1n) is 8.63. The van der Waals surface area contributed by atoms with Crippen LogP contribution in [0.15, 0.2) is 24.3 Å². The molecule has 0 aromatic heterocycles. The summed E-state index contributed by atoms with van der Waals surface area (Å²) in [4.78, 5) is 11.6. The fourth-order valence-electron chi connectivity index (χ4n) is 4.70. The number of hydrogen-bond donors (Lipinski definition) is 2. The lowest BCUT2D eigenvalue weighted by Gasteiger charge is -2.56. The van der Waals surface area contributed by atoms with Crippen molar-refractivity contribution in [2.45, 2.75) is 45.7 Å². The van der Waals surface area contributed by atoms with Crippen LogP contribution in [0.25, 0.3) is 0 Å². The maximum Gasteiger partial charge on any atom is 0.250 e. The summed E-state index contributed by atoms with van der Waals surface area (Å²) in [5, 5.41) is 6.63. The van der Waals surface area contributed by atoms with Crippen molar-refractivity contribution in [3.05, 3.63) is 29.8 Å². The number of amides is 1. The van der Waals surface area contributed by atoms with Gasteiger partial charge in [-0.3, -0.25) is 4.79 Å². The Hall–Kier alpha value is -1.39. The highest BCUT2D eigenvalue weighted by Crippen LogP contribution is 2.58. The van der Waals surface area contributed by atoms with E-state index in [1.165, 1.54) is 31.9 Å². The van der Waals surface area contributed by atoms with Gasteiger partial charge in [0.15, 0.2) is 0 Å². The van der Waals surface area contributed by atoms with Crippen molar-refractivity contribution in [1.82, 2.24) is 5.32 Å². The molecule has 1 aromatic rings. The van der Waals surface area contributed by atoms with Gasteiger partial charge in [-0.05, 0) is 47.8 Å². The van der Waals surface area contributed by atoms with E-state index in [-0.39, 0.29) is 12.5 Å². The Balaban J connectivity index is 1.57. The molecule has 0 spiro atoms. The molecule has 0 aliphatic heterocycles. The third-order valence-corrected chi connectivity index (χ3v) is 5.77. The second-order valence-electron chi connectivity index (χ2n) is 7.56. The van der Waals surface area contributed by atoms with E-state index < -0.39 is 0 Å². The highest BCUT2D eigenvalue weighted by molar-refractivity contribution is 5.91. The molecule has 2 saturated carbocycles. The molecule has 2 aliphatic carbocycles. The van der Waals surface area contributed by atoms with Gasteiger partial charge < -0.3 is 15.4 Å². The molecular formula is C19H28N2O2. The molecule has 0 radical (unpaired) electrons. The van der Waals surface area contributed by atoms with Gasteiger partial charge in [-0.2, -0.15) is 0 Å².